The minimum atomic E-state index is -0.727. The molecular weight excluding hydrogens is 322 g/mol. The van der Waals surface area contributed by atoms with Crippen LogP contribution < -0.4 is 4.90 Å². The SMILES string of the molecule is Cc1cc(C)c2c(c1)N(C(=O)C(C#N)Cc1ccc(C#N)cc1)CCC2. The molecule has 4 heteroatoms. The van der Waals surface area contributed by atoms with E-state index in [1.807, 2.05) is 19.1 Å². The van der Waals surface area contributed by atoms with Crippen molar-refractivity contribution in [3.63, 3.8) is 0 Å². The van der Waals surface area contributed by atoms with E-state index in [1.165, 1.54) is 11.1 Å². The number of aryl methyl sites for hydroxylation is 2. The van der Waals surface area contributed by atoms with Crippen LogP contribution in [0, 0.1) is 42.4 Å². The summed E-state index contributed by atoms with van der Waals surface area (Å²) in [6.07, 6.45) is 2.24. The fourth-order valence-electron chi connectivity index (χ4n) is 3.63. The molecule has 0 aromatic heterocycles. The molecule has 0 fully saturated rings. The van der Waals surface area contributed by atoms with E-state index in [0.29, 0.717) is 18.5 Å². The molecule has 0 spiro atoms. The predicted octanol–water partition coefficient (Wildman–Crippen LogP) is 3.84. The second-order valence-electron chi connectivity index (χ2n) is 6.87. The monoisotopic (exact) mass is 343 g/mol. The van der Waals surface area contributed by atoms with Gasteiger partial charge in [-0.25, -0.2) is 0 Å². The molecule has 4 nitrogen and oxygen atoms in total. The normalized spacial score (nSPS) is 14.1. The molecule has 0 radical (unpaired) electrons. The molecule has 130 valence electrons. The van der Waals surface area contributed by atoms with Crippen molar-refractivity contribution in [3.8, 4) is 12.1 Å². The number of fused-ring (bicyclic) bond motifs is 1. The number of rotatable bonds is 3. The highest BCUT2D eigenvalue weighted by molar-refractivity contribution is 5.98. The fraction of sp³-hybridized carbons (Fsp3) is 0.318. The van der Waals surface area contributed by atoms with Gasteiger partial charge in [-0.1, -0.05) is 18.2 Å². The van der Waals surface area contributed by atoms with Crippen LogP contribution >= 0.6 is 0 Å². The van der Waals surface area contributed by atoms with E-state index in [2.05, 4.69) is 31.2 Å². The summed E-state index contributed by atoms with van der Waals surface area (Å²) in [5, 5.41) is 18.5. The minimum absolute atomic E-state index is 0.136. The van der Waals surface area contributed by atoms with Gasteiger partial charge in [-0.2, -0.15) is 10.5 Å². The molecule has 0 bridgehead atoms. The lowest BCUT2D eigenvalue weighted by molar-refractivity contribution is -0.120. The molecule has 0 saturated carbocycles. The van der Waals surface area contributed by atoms with Gasteiger partial charge in [-0.3, -0.25) is 4.79 Å². The molecule has 2 aromatic carbocycles. The number of amides is 1. The molecule has 1 aliphatic heterocycles. The summed E-state index contributed by atoms with van der Waals surface area (Å²) >= 11 is 0. The zero-order chi connectivity index (χ0) is 18.7. The van der Waals surface area contributed by atoms with Gasteiger partial charge in [0, 0.05) is 12.2 Å². The molecule has 0 N–H and O–H groups in total. The number of benzene rings is 2. The van der Waals surface area contributed by atoms with E-state index in [9.17, 15) is 10.1 Å². The van der Waals surface area contributed by atoms with Crippen LogP contribution in [0.25, 0.3) is 0 Å². The Morgan fingerprint density at radius 1 is 1.19 bits per heavy atom. The quantitative estimate of drug-likeness (QED) is 0.850. The topological polar surface area (TPSA) is 67.9 Å². The molecule has 1 aliphatic rings. The average molecular weight is 343 g/mol. The second kappa shape index (κ2) is 7.42. The van der Waals surface area contributed by atoms with E-state index in [4.69, 9.17) is 5.26 Å². The smallest absolute Gasteiger partial charge is 0.244 e. The van der Waals surface area contributed by atoms with Crippen LogP contribution in [0.15, 0.2) is 36.4 Å². The minimum Gasteiger partial charge on any atom is -0.311 e. The van der Waals surface area contributed by atoms with Crippen molar-refractivity contribution in [2.45, 2.75) is 33.1 Å². The molecule has 1 unspecified atom stereocenters. The van der Waals surface area contributed by atoms with Gasteiger partial charge < -0.3 is 4.90 Å². The molecule has 26 heavy (non-hydrogen) atoms. The van der Waals surface area contributed by atoms with E-state index >= 15 is 0 Å². The zero-order valence-electron chi connectivity index (χ0n) is 15.1. The van der Waals surface area contributed by atoms with Crippen molar-refractivity contribution in [1.29, 1.82) is 10.5 Å². The highest BCUT2D eigenvalue weighted by Crippen LogP contribution is 2.32. The maximum atomic E-state index is 13.1. The number of carbonyl (C=O) groups excluding carboxylic acids is 1. The van der Waals surface area contributed by atoms with Gasteiger partial charge in [0.2, 0.25) is 5.91 Å². The zero-order valence-corrected chi connectivity index (χ0v) is 15.1. The van der Waals surface area contributed by atoms with Gasteiger partial charge in [-0.15, -0.1) is 0 Å². The van der Waals surface area contributed by atoms with Crippen LogP contribution in [-0.2, 0) is 17.6 Å². The molecule has 1 heterocycles. The average Bonchev–Trinajstić information content (AvgIpc) is 2.65. The highest BCUT2D eigenvalue weighted by atomic mass is 16.2. The van der Waals surface area contributed by atoms with Crippen molar-refractivity contribution in [2.75, 3.05) is 11.4 Å². The van der Waals surface area contributed by atoms with Gasteiger partial charge in [0.05, 0.1) is 17.7 Å². The van der Waals surface area contributed by atoms with E-state index < -0.39 is 5.92 Å². The maximum absolute atomic E-state index is 13.1. The van der Waals surface area contributed by atoms with Crippen LogP contribution in [0.3, 0.4) is 0 Å². The third kappa shape index (κ3) is 3.46. The molecular formula is C22H21N3O. The van der Waals surface area contributed by atoms with Crippen LogP contribution in [0.2, 0.25) is 0 Å². The van der Waals surface area contributed by atoms with Crippen molar-refractivity contribution in [1.82, 2.24) is 0 Å². The molecule has 1 amide bonds. The third-order valence-corrected chi connectivity index (χ3v) is 4.94. The fourth-order valence-corrected chi connectivity index (χ4v) is 3.63. The lowest BCUT2D eigenvalue weighted by Gasteiger charge is -2.32. The van der Waals surface area contributed by atoms with Crippen LogP contribution in [0.4, 0.5) is 5.69 Å². The summed E-state index contributed by atoms with van der Waals surface area (Å²) < 4.78 is 0. The number of nitriles is 2. The summed E-state index contributed by atoms with van der Waals surface area (Å²) in [7, 11) is 0. The van der Waals surface area contributed by atoms with E-state index in [-0.39, 0.29) is 5.91 Å². The first-order valence-corrected chi connectivity index (χ1v) is 8.83. The Morgan fingerprint density at radius 3 is 2.58 bits per heavy atom. The highest BCUT2D eigenvalue weighted by Gasteiger charge is 2.29. The van der Waals surface area contributed by atoms with Gasteiger partial charge in [0.25, 0.3) is 0 Å². The van der Waals surface area contributed by atoms with Crippen LogP contribution in [0.5, 0.6) is 0 Å². The number of anilines is 1. The van der Waals surface area contributed by atoms with Crippen molar-refractivity contribution in [2.24, 2.45) is 5.92 Å². The summed E-state index contributed by atoms with van der Waals surface area (Å²) in [5.74, 6) is -0.863. The third-order valence-electron chi connectivity index (χ3n) is 4.94. The number of hydrogen-bond donors (Lipinski definition) is 0. The number of nitrogens with zero attached hydrogens (tertiary/aromatic N) is 3. The van der Waals surface area contributed by atoms with Crippen molar-refractivity contribution < 1.29 is 4.79 Å². The first kappa shape index (κ1) is 17.7. The predicted molar refractivity (Wildman–Crippen MR) is 101 cm³/mol. The Morgan fingerprint density at radius 2 is 1.92 bits per heavy atom. The molecule has 3 rings (SSSR count). The van der Waals surface area contributed by atoms with Gasteiger partial charge in [-0.05, 0) is 73.6 Å². The van der Waals surface area contributed by atoms with Crippen molar-refractivity contribution >= 4 is 11.6 Å². The van der Waals surface area contributed by atoms with Gasteiger partial charge >= 0.3 is 0 Å². The largest absolute Gasteiger partial charge is 0.311 e. The summed E-state index contributed by atoms with van der Waals surface area (Å²) in [6.45, 7) is 4.77. The first-order chi connectivity index (χ1) is 12.5. The Balaban J connectivity index is 1.86. The number of hydrogen-bond acceptors (Lipinski definition) is 3. The summed E-state index contributed by atoms with van der Waals surface area (Å²) in [4.78, 5) is 14.9. The molecule has 0 aliphatic carbocycles. The van der Waals surface area contributed by atoms with Crippen LogP contribution in [-0.4, -0.2) is 12.5 Å². The Labute approximate surface area is 154 Å². The van der Waals surface area contributed by atoms with E-state index in [1.54, 1.807) is 17.0 Å². The summed E-state index contributed by atoms with van der Waals surface area (Å²) in [6, 6.07) is 15.5. The number of carbonyl (C=O) groups is 1. The Bertz CT molecular complexity index is 916. The molecule has 2 aromatic rings. The maximum Gasteiger partial charge on any atom is 0.244 e. The standard InChI is InChI=1S/C22H21N3O/c1-15-10-16(2)20-4-3-9-25(21(20)11-15)22(26)19(14-24)12-17-5-7-18(13-23)8-6-17/h5-8,10-11,19H,3-4,9,12H2,1-2H3. The molecule has 0 saturated heterocycles. The summed E-state index contributed by atoms with van der Waals surface area (Å²) in [5.41, 5.74) is 5.97. The first-order valence-electron chi connectivity index (χ1n) is 8.83. The van der Waals surface area contributed by atoms with Crippen LogP contribution in [0.1, 0.15) is 34.2 Å². The second-order valence-corrected chi connectivity index (χ2v) is 6.87. The lowest BCUT2D eigenvalue weighted by Crippen LogP contribution is -2.40. The Hall–Kier alpha value is -3.11. The van der Waals surface area contributed by atoms with Gasteiger partial charge in [0.1, 0.15) is 5.92 Å². The Kier molecular flexibility index (Phi) is 5.05. The molecule has 1 atom stereocenters. The van der Waals surface area contributed by atoms with E-state index in [0.717, 1.165) is 29.7 Å². The lowest BCUT2D eigenvalue weighted by atomic mass is 9.92. The van der Waals surface area contributed by atoms with Crippen molar-refractivity contribution in [3.05, 3.63) is 64.2 Å². The van der Waals surface area contributed by atoms with Gasteiger partial charge in [0.15, 0.2) is 0 Å².